The molecule has 1 rings (SSSR count). The Morgan fingerprint density at radius 1 is 1.38 bits per heavy atom. The minimum Gasteiger partial charge on any atom is -0.508 e. The van der Waals surface area contributed by atoms with E-state index in [0.29, 0.717) is 31.8 Å². The van der Waals surface area contributed by atoms with Crippen molar-refractivity contribution < 1.29 is 9.90 Å². The predicted molar refractivity (Wildman–Crippen MR) is 81.4 cm³/mol. The highest BCUT2D eigenvalue weighted by Crippen LogP contribution is 2.12. The van der Waals surface area contributed by atoms with Crippen LogP contribution in [0.4, 0.5) is 0 Å². The first kappa shape index (κ1) is 17.0. The maximum Gasteiger partial charge on any atom is 0.239 e. The monoisotopic (exact) mass is 289 g/mol. The molecular weight excluding hydrogens is 266 g/mol. The van der Waals surface area contributed by atoms with Gasteiger partial charge in [-0.15, -0.1) is 0 Å². The molecule has 0 bridgehead atoms. The highest BCUT2D eigenvalue weighted by atomic mass is 16.3. The molecule has 1 aromatic rings. The van der Waals surface area contributed by atoms with Crippen LogP contribution in [0.3, 0.4) is 0 Å². The Labute approximate surface area is 126 Å². The number of amides is 1. The zero-order valence-corrected chi connectivity index (χ0v) is 12.6. The number of aromatic hydroxyl groups is 1. The number of nitriles is 1. The van der Waals surface area contributed by atoms with Crippen LogP contribution in [0, 0.1) is 17.2 Å². The third kappa shape index (κ3) is 5.84. The zero-order chi connectivity index (χ0) is 15.8. The molecular formula is C16H23N3O2. The van der Waals surface area contributed by atoms with Crippen molar-refractivity contribution in [3.05, 3.63) is 29.8 Å². The molecule has 5 heteroatoms. The van der Waals surface area contributed by atoms with E-state index in [9.17, 15) is 9.90 Å². The molecule has 1 amide bonds. The Balaban J connectivity index is 2.68. The maximum atomic E-state index is 12.4. The first-order valence-corrected chi connectivity index (χ1v) is 7.13. The smallest absolute Gasteiger partial charge is 0.239 e. The Morgan fingerprint density at radius 3 is 2.52 bits per heavy atom. The number of nitrogens with zero attached hydrogens (tertiary/aromatic N) is 2. The molecule has 21 heavy (non-hydrogen) atoms. The number of phenolic OH excluding ortho intramolecular Hbond substituents is 1. The van der Waals surface area contributed by atoms with Gasteiger partial charge in [0.25, 0.3) is 0 Å². The van der Waals surface area contributed by atoms with Crippen molar-refractivity contribution in [2.24, 2.45) is 11.7 Å². The molecule has 0 aliphatic carbocycles. The number of carbonyl (C=O) groups is 1. The van der Waals surface area contributed by atoms with Gasteiger partial charge in [-0.1, -0.05) is 26.0 Å². The molecule has 0 spiro atoms. The standard InChI is InChI=1S/C16H23N3O2/c1-12(2)11-19(9-3-8-17)16(21)15(18)10-13-4-6-14(20)7-5-13/h4-7,12,15,20H,3,9-11,18H2,1-2H3/t15-/m1/s1. The van der Waals surface area contributed by atoms with Crippen LogP contribution in [0.1, 0.15) is 25.8 Å². The van der Waals surface area contributed by atoms with Crippen molar-refractivity contribution >= 4 is 5.91 Å². The lowest BCUT2D eigenvalue weighted by Crippen LogP contribution is -2.46. The second-order valence-corrected chi connectivity index (χ2v) is 5.56. The SMILES string of the molecule is CC(C)CN(CCC#N)C(=O)[C@H](N)Cc1ccc(O)cc1. The van der Waals surface area contributed by atoms with Crippen LogP contribution in [0.2, 0.25) is 0 Å². The Bertz CT molecular complexity index is 491. The van der Waals surface area contributed by atoms with Crippen LogP contribution in [-0.4, -0.2) is 35.0 Å². The Morgan fingerprint density at radius 2 is 2.00 bits per heavy atom. The minimum atomic E-state index is -0.632. The van der Waals surface area contributed by atoms with E-state index in [1.165, 1.54) is 0 Å². The van der Waals surface area contributed by atoms with E-state index >= 15 is 0 Å². The van der Waals surface area contributed by atoms with Crippen LogP contribution < -0.4 is 5.73 Å². The highest BCUT2D eigenvalue weighted by Gasteiger charge is 2.21. The van der Waals surface area contributed by atoms with Crippen LogP contribution in [0.5, 0.6) is 5.75 Å². The van der Waals surface area contributed by atoms with E-state index in [2.05, 4.69) is 6.07 Å². The van der Waals surface area contributed by atoms with Crippen LogP contribution >= 0.6 is 0 Å². The lowest BCUT2D eigenvalue weighted by molar-refractivity contribution is -0.133. The molecule has 0 aromatic heterocycles. The van der Waals surface area contributed by atoms with Crippen molar-refractivity contribution in [3.8, 4) is 11.8 Å². The van der Waals surface area contributed by atoms with E-state index in [1.54, 1.807) is 29.2 Å². The number of nitrogens with two attached hydrogens (primary N) is 1. The molecule has 0 radical (unpaired) electrons. The third-order valence-electron chi connectivity index (χ3n) is 3.10. The predicted octanol–water partition coefficient (Wildman–Crippen LogP) is 1.66. The second kappa shape index (κ2) is 8.28. The van der Waals surface area contributed by atoms with E-state index in [0.717, 1.165) is 5.56 Å². The number of benzene rings is 1. The van der Waals surface area contributed by atoms with Crippen molar-refractivity contribution in [2.75, 3.05) is 13.1 Å². The van der Waals surface area contributed by atoms with Gasteiger partial charge >= 0.3 is 0 Å². The average molecular weight is 289 g/mol. The molecule has 0 aliphatic heterocycles. The fourth-order valence-electron chi connectivity index (χ4n) is 2.12. The summed E-state index contributed by atoms with van der Waals surface area (Å²) in [5.41, 5.74) is 6.90. The van der Waals surface area contributed by atoms with Crippen LogP contribution in [-0.2, 0) is 11.2 Å². The van der Waals surface area contributed by atoms with E-state index in [-0.39, 0.29) is 11.7 Å². The van der Waals surface area contributed by atoms with Crippen molar-refractivity contribution in [2.45, 2.75) is 32.7 Å². The molecule has 0 heterocycles. The Kier molecular flexibility index (Phi) is 6.70. The first-order valence-electron chi connectivity index (χ1n) is 7.13. The number of carbonyl (C=O) groups excluding carboxylic acids is 1. The molecule has 3 N–H and O–H groups in total. The molecule has 0 saturated heterocycles. The van der Waals surface area contributed by atoms with E-state index in [4.69, 9.17) is 11.0 Å². The number of hydrogen-bond donors (Lipinski definition) is 2. The molecule has 1 aromatic carbocycles. The van der Waals surface area contributed by atoms with Gasteiger partial charge in [0, 0.05) is 13.1 Å². The average Bonchev–Trinajstić information content (AvgIpc) is 2.44. The lowest BCUT2D eigenvalue weighted by Gasteiger charge is -2.26. The van der Waals surface area contributed by atoms with Gasteiger partial charge in [-0.05, 0) is 30.0 Å². The van der Waals surface area contributed by atoms with Crippen LogP contribution in [0.25, 0.3) is 0 Å². The van der Waals surface area contributed by atoms with E-state index in [1.807, 2.05) is 13.8 Å². The second-order valence-electron chi connectivity index (χ2n) is 5.56. The van der Waals surface area contributed by atoms with Gasteiger partial charge < -0.3 is 15.7 Å². The summed E-state index contributed by atoms with van der Waals surface area (Å²) in [7, 11) is 0. The van der Waals surface area contributed by atoms with E-state index < -0.39 is 6.04 Å². The fraction of sp³-hybridized carbons (Fsp3) is 0.500. The zero-order valence-electron chi connectivity index (χ0n) is 12.6. The number of rotatable bonds is 7. The molecule has 5 nitrogen and oxygen atoms in total. The largest absolute Gasteiger partial charge is 0.508 e. The summed E-state index contributed by atoms with van der Waals surface area (Å²) < 4.78 is 0. The summed E-state index contributed by atoms with van der Waals surface area (Å²) in [4.78, 5) is 14.1. The Hall–Kier alpha value is -2.06. The van der Waals surface area contributed by atoms with Gasteiger partial charge in [0.1, 0.15) is 5.75 Å². The normalized spacial score (nSPS) is 12.0. The molecule has 0 aliphatic rings. The molecule has 114 valence electrons. The van der Waals surface area contributed by atoms with Gasteiger partial charge in [0.2, 0.25) is 5.91 Å². The summed E-state index contributed by atoms with van der Waals surface area (Å²) in [5.74, 6) is 0.384. The molecule has 1 atom stereocenters. The summed E-state index contributed by atoms with van der Waals surface area (Å²) in [6, 6.07) is 8.09. The van der Waals surface area contributed by atoms with Crippen molar-refractivity contribution in [3.63, 3.8) is 0 Å². The number of phenols is 1. The molecule has 0 fully saturated rings. The quantitative estimate of drug-likeness (QED) is 0.798. The van der Waals surface area contributed by atoms with Gasteiger partial charge in [-0.3, -0.25) is 4.79 Å². The summed E-state index contributed by atoms with van der Waals surface area (Å²) >= 11 is 0. The summed E-state index contributed by atoms with van der Waals surface area (Å²) in [6.45, 7) is 5.07. The third-order valence-corrected chi connectivity index (χ3v) is 3.10. The highest BCUT2D eigenvalue weighted by molar-refractivity contribution is 5.82. The topological polar surface area (TPSA) is 90.4 Å². The summed E-state index contributed by atoms with van der Waals surface area (Å²) in [6.07, 6.45) is 0.727. The first-order chi connectivity index (χ1) is 9.93. The minimum absolute atomic E-state index is 0.132. The molecule has 0 saturated carbocycles. The van der Waals surface area contributed by atoms with Crippen LogP contribution in [0.15, 0.2) is 24.3 Å². The number of hydrogen-bond acceptors (Lipinski definition) is 4. The van der Waals surface area contributed by atoms with Gasteiger partial charge in [-0.2, -0.15) is 5.26 Å². The van der Waals surface area contributed by atoms with Gasteiger partial charge in [0.15, 0.2) is 0 Å². The maximum absolute atomic E-state index is 12.4. The fourth-order valence-corrected chi connectivity index (χ4v) is 2.12. The van der Waals surface area contributed by atoms with Crippen molar-refractivity contribution in [1.29, 1.82) is 5.26 Å². The molecule has 0 unspecified atom stereocenters. The van der Waals surface area contributed by atoms with Gasteiger partial charge in [0.05, 0.1) is 18.5 Å². The van der Waals surface area contributed by atoms with Gasteiger partial charge in [-0.25, -0.2) is 0 Å². The lowest BCUT2D eigenvalue weighted by atomic mass is 10.0. The van der Waals surface area contributed by atoms with Crippen molar-refractivity contribution in [1.82, 2.24) is 4.90 Å². The summed E-state index contributed by atoms with van der Waals surface area (Å²) in [5, 5.41) is 17.9.